The van der Waals surface area contributed by atoms with Crippen LogP contribution in [0.1, 0.15) is 84.7 Å². The Morgan fingerprint density at radius 1 is 0.655 bits per heavy atom. The molecule has 0 fully saturated rings. The van der Waals surface area contributed by atoms with Crippen LogP contribution < -0.4 is 71.4 Å². The third-order valence-electron chi connectivity index (χ3n) is 14.2. The van der Waals surface area contributed by atoms with Gasteiger partial charge in [0.25, 0.3) is 0 Å². The first kappa shape index (κ1) is 61.7. The lowest BCUT2D eigenvalue weighted by Gasteiger charge is -2.32. The molecule has 5 aromatic carbocycles. The van der Waals surface area contributed by atoms with Crippen molar-refractivity contribution in [2.24, 2.45) is 11.7 Å². The summed E-state index contributed by atoms with van der Waals surface area (Å²) in [6.45, 7) is 3.73. The minimum Gasteiger partial charge on any atom is -0.497 e. The number of ether oxygens (including phenoxy) is 6. The minimum absolute atomic E-state index is 0.0113. The molecule has 10 rings (SSSR count). The van der Waals surface area contributed by atoms with Crippen LogP contribution in [0.4, 0.5) is 0 Å². The number of amides is 7. The van der Waals surface area contributed by atoms with E-state index in [1.54, 1.807) is 0 Å². The van der Waals surface area contributed by atoms with Gasteiger partial charge in [0.05, 0.1) is 56.9 Å². The van der Waals surface area contributed by atoms with Crippen LogP contribution in [0.25, 0.3) is 11.1 Å². The van der Waals surface area contributed by atoms with E-state index in [1.165, 1.54) is 114 Å². The molecule has 0 saturated carbocycles. The molecule has 5 aliphatic rings. The van der Waals surface area contributed by atoms with E-state index in [-0.39, 0.29) is 101 Å². The summed E-state index contributed by atoms with van der Waals surface area (Å²) in [5.41, 5.74) is 5.52. The Morgan fingerprint density at radius 3 is 1.79 bits per heavy atom. The van der Waals surface area contributed by atoms with Crippen LogP contribution in [0.2, 0.25) is 10.0 Å². The van der Waals surface area contributed by atoms with E-state index < -0.39 is 109 Å². The number of fused-ring (bicyclic) bond motifs is 15. The molecular formula is C56H61BCl2N8O17. The number of hydrogen-bond acceptors (Lipinski definition) is 18. The average molecular weight is 1200 g/mol. The van der Waals surface area contributed by atoms with E-state index in [0.29, 0.717) is 6.42 Å². The molecule has 28 heteroatoms. The summed E-state index contributed by atoms with van der Waals surface area (Å²) < 4.78 is 35.8. The number of rotatable bonds is 12. The molecule has 0 spiro atoms. The highest BCUT2D eigenvalue weighted by molar-refractivity contribution is 6.44. The van der Waals surface area contributed by atoms with Crippen molar-refractivity contribution in [2.75, 3.05) is 35.5 Å². The number of benzene rings is 5. The van der Waals surface area contributed by atoms with Crippen molar-refractivity contribution in [2.45, 2.75) is 81.1 Å². The average Bonchev–Trinajstić information content (AvgIpc) is 2.07. The zero-order valence-electron chi connectivity index (χ0n) is 46.2. The summed E-state index contributed by atoms with van der Waals surface area (Å²) in [7, 11) is 4.39. The van der Waals surface area contributed by atoms with Crippen LogP contribution in [0.3, 0.4) is 0 Å². The number of methoxy groups -OCH3 is 4. The highest BCUT2D eigenvalue weighted by Gasteiger charge is 2.42. The fourth-order valence-electron chi connectivity index (χ4n) is 10.0. The van der Waals surface area contributed by atoms with E-state index in [1.807, 2.05) is 13.8 Å². The number of carbonyl (C=O) groups is 7. The molecule has 25 nitrogen and oxygen atoms in total. The van der Waals surface area contributed by atoms with Gasteiger partial charge in [-0.1, -0.05) is 55.2 Å². The number of aliphatic hydroxyl groups excluding tert-OH is 2. The Labute approximate surface area is 491 Å². The molecule has 84 heavy (non-hydrogen) atoms. The number of primary amides is 1. The van der Waals surface area contributed by atoms with Crippen LogP contribution in [0.5, 0.6) is 46.0 Å². The van der Waals surface area contributed by atoms with Gasteiger partial charge >= 0.3 is 7.12 Å². The number of aliphatic hydroxyl groups is 2. The smallest absolute Gasteiger partial charge is 0.480 e. The predicted molar refractivity (Wildman–Crippen MR) is 302 cm³/mol. The highest BCUT2D eigenvalue weighted by Crippen LogP contribution is 2.48. The molecule has 11 bridgehead atoms. The minimum atomic E-state index is -2.37. The molecule has 0 aromatic heterocycles. The van der Waals surface area contributed by atoms with Crippen molar-refractivity contribution < 1.29 is 82.2 Å². The first-order chi connectivity index (χ1) is 40.0. The normalized spacial score (nSPS) is 21.8. The van der Waals surface area contributed by atoms with Gasteiger partial charge in [0.2, 0.25) is 47.1 Å². The van der Waals surface area contributed by atoms with Crippen molar-refractivity contribution >= 4 is 71.7 Å². The summed E-state index contributed by atoms with van der Waals surface area (Å²) in [6.07, 6.45) is -4.51. The lowest BCUT2D eigenvalue weighted by Crippen LogP contribution is -2.59. The maximum absolute atomic E-state index is 15.7. The van der Waals surface area contributed by atoms with Gasteiger partial charge in [0, 0.05) is 17.2 Å². The van der Waals surface area contributed by atoms with Gasteiger partial charge in [-0.25, -0.2) is 0 Å². The van der Waals surface area contributed by atoms with Gasteiger partial charge in [-0.2, -0.15) is 0 Å². The molecule has 9 atom stereocenters. The van der Waals surface area contributed by atoms with Crippen molar-refractivity contribution in [1.82, 2.24) is 37.2 Å². The summed E-state index contributed by atoms with van der Waals surface area (Å²) >= 11 is 13.8. The Hall–Kier alpha value is -8.37. The van der Waals surface area contributed by atoms with Crippen molar-refractivity contribution in [3.05, 3.63) is 117 Å². The Bertz CT molecular complexity index is 3410. The maximum Gasteiger partial charge on any atom is 0.480 e. The van der Waals surface area contributed by atoms with Gasteiger partial charge in [-0.3, -0.25) is 33.6 Å². The second kappa shape index (κ2) is 26.1. The number of carbonyl (C=O) groups excluding carboxylic acids is 7. The molecular weight excluding hydrogens is 1140 g/mol. The molecule has 0 aliphatic carbocycles. The first-order valence-corrected chi connectivity index (χ1v) is 26.9. The van der Waals surface area contributed by atoms with Crippen molar-refractivity contribution in [3.8, 4) is 57.1 Å². The lowest BCUT2D eigenvalue weighted by atomic mass is 9.72. The number of nitrogens with two attached hydrogens (primary N) is 1. The van der Waals surface area contributed by atoms with Gasteiger partial charge in [-0.15, -0.1) is 0 Å². The third-order valence-corrected chi connectivity index (χ3v) is 14.8. The lowest BCUT2D eigenvalue weighted by molar-refractivity contribution is -0.137. The monoisotopic (exact) mass is 1200 g/mol. The first-order valence-electron chi connectivity index (χ1n) is 26.1. The van der Waals surface area contributed by atoms with E-state index in [4.69, 9.17) is 57.4 Å². The molecule has 0 saturated heterocycles. The molecule has 1 unspecified atom stereocenters. The fourth-order valence-corrected chi connectivity index (χ4v) is 10.5. The summed E-state index contributed by atoms with van der Waals surface area (Å²) in [4.78, 5) is 102. The Balaban J connectivity index is 1.39. The quantitative estimate of drug-likeness (QED) is 0.0799. The number of nitrogens with one attached hydrogen (secondary N) is 7. The van der Waals surface area contributed by atoms with Gasteiger partial charge in [0.15, 0.2) is 11.5 Å². The van der Waals surface area contributed by atoms with Crippen molar-refractivity contribution in [3.63, 3.8) is 0 Å². The molecule has 7 amide bonds. The molecule has 5 aromatic rings. The van der Waals surface area contributed by atoms with Gasteiger partial charge in [0.1, 0.15) is 71.2 Å². The van der Waals surface area contributed by atoms with Crippen LogP contribution in [0, 0.1) is 5.92 Å². The van der Waals surface area contributed by atoms with Crippen LogP contribution >= 0.6 is 23.2 Å². The van der Waals surface area contributed by atoms with Crippen LogP contribution in [0.15, 0.2) is 78.9 Å². The highest BCUT2D eigenvalue weighted by atomic mass is 35.5. The SMILES string of the molecule is CN[C@@H](CC(C)C)C(=O)N[C@H]1C(=O)N[C@@H](CC(N)=O)C(=O)N[C@H]2C(=O)N[C@H]3C(=O)N[C@H](C(=O)NC(B(O)O)c4cc(OC)cc(OC)c4-c4cc3ccc4OC)[C@H](O)c3ccc(c(Cl)c3)Oc3cc2cc(c3OC)Oc2ccc(cc2Cl)[C@H]1O. The molecule has 0 radical (unpaired) electrons. The van der Waals surface area contributed by atoms with E-state index in [9.17, 15) is 44.2 Å². The Morgan fingerprint density at radius 2 is 1.24 bits per heavy atom. The summed E-state index contributed by atoms with van der Waals surface area (Å²) in [6, 6.07) is 6.64. The van der Waals surface area contributed by atoms with Gasteiger partial charge in [-0.05, 0) is 102 Å². The zero-order chi connectivity index (χ0) is 61.0. The van der Waals surface area contributed by atoms with Crippen LogP contribution in [-0.2, 0) is 33.6 Å². The number of halogens is 2. The summed E-state index contributed by atoms with van der Waals surface area (Å²) in [5.74, 6) is -10.2. The Kier molecular flexibility index (Phi) is 19.1. The molecule has 5 heterocycles. The largest absolute Gasteiger partial charge is 0.497 e. The second-order valence-corrected chi connectivity index (χ2v) is 21.0. The van der Waals surface area contributed by atoms with Gasteiger partial charge < -0.3 is 91.6 Å². The predicted octanol–water partition coefficient (Wildman–Crippen LogP) is 2.53. The standard InChI is InChI=1S/C56H61BCl2N8O17/c1-23(2)14-33(61-3)51(71)65-45-47(69)25-9-12-36(31(58)16-25)83-39-18-27-19-40(49(39)82-7)84-37-13-10-26(17-32(37)59)48(70)46-56(76)67-50(57(77)78)30-20-28(79-4)21-38(81-6)42(30)29-15-24(8-11-35(29)80-5)43(53(73)66-46)64-54(74)44(27)63-52(72)34(22-41(60)68)62-55(45)75/h8-13,15-21,23,33-34,43-48,50,61,69-70,77-78H,14,22H2,1-7H3,(H2,60,68)(H,62,75)(H,63,72)(H,64,74)(H,65,71)(H,66,73)(H,67,76)/t33-,34-,43+,44+,45+,46-,47+,48+,50?/m0/s1. The topological polar surface area (TPSA) is 366 Å². The number of likely N-dealkylation sites (N-methyl/N-ethyl adjacent to an activating group) is 1. The molecule has 5 aliphatic heterocycles. The fraction of sp³-hybridized carbons (Fsp3) is 0.339. The third kappa shape index (κ3) is 13.0. The maximum atomic E-state index is 15.7. The zero-order valence-corrected chi connectivity index (χ0v) is 47.7. The van der Waals surface area contributed by atoms with E-state index in [2.05, 4.69) is 37.2 Å². The van der Waals surface area contributed by atoms with Crippen LogP contribution in [-0.4, -0.2) is 128 Å². The molecule has 13 N–H and O–H groups in total. The number of hydrogen-bond donors (Lipinski definition) is 12. The van der Waals surface area contributed by atoms with Crippen molar-refractivity contribution in [1.29, 1.82) is 0 Å². The molecule has 444 valence electrons. The second-order valence-electron chi connectivity index (χ2n) is 20.2. The summed E-state index contributed by atoms with van der Waals surface area (Å²) in [5, 5.41) is 64.1. The van der Waals surface area contributed by atoms with E-state index in [0.717, 1.165) is 0 Å². The van der Waals surface area contributed by atoms with E-state index >= 15 is 9.59 Å².